The van der Waals surface area contributed by atoms with Crippen LogP contribution in [0, 0.1) is 5.92 Å². The molecule has 0 fully saturated rings. The van der Waals surface area contributed by atoms with E-state index in [1.807, 2.05) is 0 Å². The van der Waals surface area contributed by atoms with E-state index in [1.165, 1.54) is 0 Å². The van der Waals surface area contributed by atoms with E-state index in [9.17, 15) is 9.18 Å². The van der Waals surface area contributed by atoms with Gasteiger partial charge in [-0.25, -0.2) is 4.39 Å². The lowest BCUT2D eigenvalue weighted by Gasteiger charge is -2.05. The van der Waals surface area contributed by atoms with Crippen LogP contribution in [0.4, 0.5) is 4.39 Å². The van der Waals surface area contributed by atoms with E-state index < -0.39 is 12.1 Å². The zero-order valence-electron chi connectivity index (χ0n) is 5.98. The molecule has 0 radical (unpaired) electrons. The quantitative estimate of drug-likeness (QED) is 0.551. The van der Waals surface area contributed by atoms with Crippen molar-refractivity contribution in [3.63, 3.8) is 0 Å². The fraction of sp³-hybridized carbons (Fsp3) is 0.222. The van der Waals surface area contributed by atoms with Crippen molar-refractivity contribution in [3.05, 3.63) is 36.5 Å². The molecule has 58 valence electrons. The van der Waals surface area contributed by atoms with Crippen LogP contribution in [0.5, 0.6) is 0 Å². The predicted molar refractivity (Wildman–Crippen MR) is 41.9 cm³/mol. The number of rotatable bonds is 2. The summed E-state index contributed by atoms with van der Waals surface area (Å²) in [6.45, 7) is 0. The van der Waals surface area contributed by atoms with E-state index >= 15 is 0 Å². The molecule has 1 rings (SSSR count). The minimum absolute atomic E-state index is 0.324. The van der Waals surface area contributed by atoms with Gasteiger partial charge in [0.1, 0.15) is 0 Å². The Balaban J connectivity index is 2.66. The monoisotopic (exact) mass is 152 g/mol. The Morgan fingerprint density at radius 1 is 1.18 bits per heavy atom. The fourth-order valence-corrected chi connectivity index (χ4v) is 0.880. The molecule has 0 aliphatic heterocycles. The highest BCUT2D eigenvalue weighted by atomic mass is 19.1. The number of hydrogen-bond donors (Lipinski definition) is 0. The highest BCUT2D eigenvalue weighted by Crippen LogP contribution is 2.11. The minimum atomic E-state index is -1.41. The van der Waals surface area contributed by atoms with Gasteiger partial charge in [-0.05, 0) is 0 Å². The summed E-state index contributed by atoms with van der Waals surface area (Å²) >= 11 is 0. The van der Waals surface area contributed by atoms with Crippen molar-refractivity contribution in [2.75, 3.05) is 0 Å². The van der Waals surface area contributed by atoms with Crippen molar-refractivity contribution in [3.8, 4) is 0 Å². The zero-order valence-corrected chi connectivity index (χ0v) is 5.98. The Morgan fingerprint density at radius 3 is 2.18 bits per heavy atom. The van der Waals surface area contributed by atoms with E-state index in [4.69, 9.17) is 0 Å². The maximum Gasteiger partial charge on any atom is 0.165 e. The molecule has 0 saturated heterocycles. The molecule has 0 aromatic carbocycles. The highest BCUT2D eigenvalue weighted by molar-refractivity contribution is 5.57. The van der Waals surface area contributed by atoms with Gasteiger partial charge in [0.15, 0.2) is 12.5 Å². The second-order valence-corrected chi connectivity index (χ2v) is 2.31. The summed E-state index contributed by atoms with van der Waals surface area (Å²) in [7, 11) is 0. The van der Waals surface area contributed by atoms with Crippen LogP contribution >= 0.6 is 0 Å². The lowest BCUT2D eigenvalue weighted by molar-refractivity contribution is -0.112. The standard InChI is InChI=1S/C9H9FO/c10-9(7-11)8-5-3-1-2-4-6-8/h1-9H. The molecule has 1 unspecified atom stereocenters. The van der Waals surface area contributed by atoms with Crippen LogP contribution in [0.3, 0.4) is 0 Å². The first-order valence-electron chi connectivity index (χ1n) is 3.45. The molecule has 0 amide bonds. The first kappa shape index (κ1) is 7.92. The normalized spacial score (nSPS) is 19.7. The summed E-state index contributed by atoms with van der Waals surface area (Å²) in [6.07, 6.45) is 9.31. The maximum atomic E-state index is 12.7. The number of carbonyl (C=O) groups is 1. The van der Waals surface area contributed by atoms with Crippen LogP contribution in [0.15, 0.2) is 36.5 Å². The van der Waals surface area contributed by atoms with Crippen molar-refractivity contribution in [2.45, 2.75) is 6.17 Å². The molecule has 0 N–H and O–H groups in total. The summed E-state index contributed by atoms with van der Waals surface area (Å²) in [5, 5.41) is 0. The molecule has 2 heteroatoms. The molecular formula is C9H9FO. The van der Waals surface area contributed by atoms with Crippen LogP contribution in [-0.4, -0.2) is 12.5 Å². The summed E-state index contributed by atoms with van der Waals surface area (Å²) in [5.41, 5.74) is 0. The number of carbonyl (C=O) groups excluding carboxylic acids is 1. The molecule has 11 heavy (non-hydrogen) atoms. The maximum absolute atomic E-state index is 12.7. The van der Waals surface area contributed by atoms with Crippen LogP contribution in [0.25, 0.3) is 0 Å². The SMILES string of the molecule is O=CC(F)C1C=CC=CC=C1. The third-order valence-corrected chi connectivity index (χ3v) is 1.50. The van der Waals surface area contributed by atoms with Gasteiger partial charge in [0.2, 0.25) is 0 Å². The molecule has 0 spiro atoms. The van der Waals surface area contributed by atoms with Crippen molar-refractivity contribution in [2.24, 2.45) is 5.92 Å². The Hall–Kier alpha value is -1.18. The first-order chi connectivity index (χ1) is 5.34. The van der Waals surface area contributed by atoms with Gasteiger partial charge in [0.05, 0.1) is 0 Å². The molecule has 0 saturated carbocycles. The average molecular weight is 152 g/mol. The summed E-state index contributed by atoms with van der Waals surface area (Å²) < 4.78 is 12.7. The van der Waals surface area contributed by atoms with Gasteiger partial charge in [-0.15, -0.1) is 0 Å². The summed E-state index contributed by atoms with van der Waals surface area (Å²) in [4.78, 5) is 10.1. The predicted octanol–water partition coefficient (Wildman–Crippen LogP) is 1.82. The van der Waals surface area contributed by atoms with Crippen molar-refractivity contribution in [1.29, 1.82) is 0 Å². The second-order valence-electron chi connectivity index (χ2n) is 2.31. The number of hydrogen-bond acceptors (Lipinski definition) is 1. The second kappa shape index (κ2) is 3.86. The highest BCUT2D eigenvalue weighted by Gasteiger charge is 2.13. The van der Waals surface area contributed by atoms with Gasteiger partial charge in [0, 0.05) is 5.92 Å². The Morgan fingerprint density at radius 2 is 1.73 bits per heavy atom. The molecular weight excluding hydrogens is 143 g/mol. The van der Waals surface area contributed by atoms with E-state index in [0.29, 0.717) is 6.29 Å². The van der Waals surface area contributed by atoms with Crippen LogP contribution in [0.1, 0.15) is 0 Å². The molecule has 1 aliphatic rings. The van der Waals surface area contributed by atoms with E-state index in [1.54, 1.807) is 36.5 Å². The van der Waals surface area contributed by atoms with Crippen molar-refractivity contribution in [1.82, 2.24) is 0 Å². The van der Waals surface area contributed by atoms with Gasteiger partial charge in [-0.1, -0.05) is 36.5 Å². The molecule has 1 aliphatic carbocycles. The average Bonchev–Trinajstić information content (AvgIpc) is 2.30. The molecule has 1 atom stereocenters. The fourth-order valence-electron chi connectivity index (χ4n) is 0.880. The third-order valence-electron chi connectivity index (χ3n) is 1.50. The van der Waals surface area contributed by atoms with Crippen LogP contribution in [0.2, 0.25) is 0 Å². The Labute approximate surface area is 64.9 Å². The lowest BCUT2D eigenvalue weighted by Crippen LogP contribution is -2.12. The summed E-state index contributed by atoms with van der Waals surface area (Å²) in [6, 6.07) is 0. The number of aldehydes is 1. The Kier molecular flexibility index (Phi) is 2.78. The number of halogens is 1. The lowest BCUT2D eigenvalue weighted by atomic mass is 10.0. The van der Waals surface area contributed by atoms with Gasteiger partial charge >= 0.3 is 0 Å². The zero-order chi connectivity index (χ0) is 8.10. The minimum Gasteiger partial charge on any atom is -0.300 e. The van der Waals surface area contributed by atoms with Gasteiger partial charge in [-0.2, -0.15) is 0 Å². The third kappa shape index (κ3) is 2.15. The van der Waals surface area contributed by atoms with E-state index in [0.717, 1.165) is 0 Å². The summed E-state index contributed by atoms with van der Waals surface area (Å²) in [5.74, 6) is -0.400. The molecule has 0 aromatic heterocycles. The van der Waals surface area contributed by atoms with Crippen LogP contribution in [-0.2, 0) is 4.79 Å². The van der Waals surface area contributed by atoms with Gasteiger partial charge in [-0.3, -0.25) is 0 Å². The van der Waals surface area contributed by atoms with E-state index in [-0.39, 0.29) is 0 Å². The largest absolute Gasteiger partial charge is 0.300 e. The molecule has 0 aromatic rings. The molecule has 1 nitrogen and oxygen atoms in total. The number of alkyl halides is 1. The van der Waals surface area contributed by atoms with Gasteiger partial charge in [0.25, 0.3) is 0 Å². The number of allylic oxidation sites excluding steroid dienone is 6. The van der Waals surface area contributed by atoms with Gasteiger partial charge < -0.3 is 4.79 Å². The van der Waals surface area contributed by atoms with E-state index in [2.05, 4.69) is 0 Å². The van der Waals surface area contributed by atoms with Crippen molar-refractivity contribution < 1.29 is 9.18 Å². The van der Waals surface area contributed by atoms with Crippen molar-refractivity contribution >= 4 is 6.29 Å². The topological polar surface area (TPSA) is 17.1 Å². The Bertz CT molecular complexity index is 200. The first-order valence-corrected chi connectivity index (χ1v) is 3.45. The van der Waals surface area contributed by atoms with Crippen LogP contribution < -0.4 is 0 Å². The molecule has 0 heterocycles. The smallest absolute Gasteiger partial charge is 0.165 e. The molecule has 0 bridgehead atoms.